The molecule has 0 saturated carbocycles. The van der Waals surface area contributed by atoms with Crippen LogP contribution in [0.3, 0.4) is 0 Å². The van der Waals surface area contributed by atoms with Crippen LogP contribution in [-0.4, -0.2) is 46.0 Å². The molecule has 0 aliphatic carbocycles. The number of nitrogens with one attached hydrogen (secondary N) is 1. The molecule has 0 spiro atoms. The topological polar surface area (TPSA) is 144 Å². The van der Waals surface area contributed by atoms with Crippen molar-refractivity contribution in [2.24, 2.45) is 0 Å². The van der Waals surface area contributed by atoms with Gasteiger partial charge in [0.2, 0.25) is 11.8 Å². The van der Waals surface area contributed by atoms with Crippen LogP contribution >= 0.6 is 11.5 Å². The molecule has 44 heavy (non-hydrogen) atoms. The van der Waals surface area contributed by atoms with E-state index < -0.39 is 10.0 Å². The number of sulfonamides is 1. The molecule has 3 aromatic heterocycles. The van der Waals surface area contributed by atoms with Gasteiger partial charge in [-0.25, -0.2) is 18.1 Å². The van der Waals surface area contributed by atoms with Crippen LogP contribution in [0, 0.1) is 13.8 Å². The first-order valence-corrected chi connectivity index (χ1v) is 15.7. The molecule has 0 aliphatic rings. The fourth-order valence-electron chi connectivity index (χ4n) is 4.72. The van der Waals surface area contributed by atoms with Gasteiger partial charge in [0.15, 0.2) is 0 Å². The van der Waals surface area contributed by atoms with E-state index in [2.05, 4.69) is 24.4 Å². The van der Waals surface area contributed by atoms with Gasteiger partial charge in [-0.05, 0) is 66.8 Å². The molecule has 0 aliphatic heterocycles. The van der Waals surface area contributed by atoms with Crippen molar-refractivity contribution in [1.82, 2.24) is 24.6 Å². The molecule has 6 aromatic rings. The predicted molar refractivity (Wildman–Crippen MR) is 165 cm³/mol. The van der Waals surface area contributed by atoms with Crippen molar-refractivity contribution in [3.63, 3.8) is 0 Å². The third-order valence-corrected chi connectivity index (χ3v) is 9.07. The number of carbonyl (C=O) groups is 1. The minimum Gasteiger partial charge on any atom is -0.445 e. The van der Waals surface area contributed by atoms with Crippen molar-refractivity contribution in [3.8, 4) is 33.8 Å². The highest BCUT2D eigenvalue weighted by Gasteiger charge is 2.25. The van der Waals surface area contributed by atoms with Gasteiger partial charge in [-0.15, -0.1) is 5.10 Å². The fraction of sp³-hybridized carbons (Fsp3) is 0.129. The summed E-state index contributed by atoms with van der Waals surface area (Å²) in [5.41, 5.74) is 5.73. The van der Waals surface area contributed by atoms with Crippen molar-refractivity contribution in [2.45, 2.75) is 25.3 Å². The Morgan fingerprint density at radius 3 is 2.45 bits per heavy atom. The number of amides is 1. The summed E-state index contributed by atoms with van der Waals surface area (Å²) in [6.07, 6.45) is 3.02. The molecule has 0 saturated heterocycles. The summed E-state index contributed by atoms with van der Waals surface area (Å²) in [4.78, 5) is 19.4. The number of hydrogen-bond donors (Lipinski definition) is 1. The molecule has 0 fully saturated rings. The first-order chi connectivity index (χ1) is 21.2. The van der Waals surface area contributed by atoms with E-state index in [-0.39, 0.29) is 23.2 Å². The second kappa shape index (κ2) is 11.9. The third-order valence-electron chi connectivity index (χ3n) is 7.18. The quantitative estimate of drug-likeness (QED) is 0.198. The van der Waals surface area contributed by atoms with Crippen LogP contribution in [0.1, 0.15) is 27.2 Å². The highest BCUT2D eigenvalue weighted by atomic mass is 32.2. The minimum atomic E-state index is -4.09. The maximum Gasteiger partial charge on any atom is 0.264 e. The van der Waals surface area contributed by atoms with E-state index in [0.717, 1.165) is 11.3 Å². The van der Waals surface area contributed by atoms with Gasteiger partial charge in [0.05, 0.1) is 16.8 Å². The lowest BCUT2D eigenvalue weighted by Gasteiger charge is -2.21. The lowest BCUT2D eigenvalue weighted by molar-refractivity contribution is 0.0785. The molecule has 0 radical (unpaired) electrons. The summed E-state index contributed by atoms with van der Waals surface area (Å²) in [7, 11) is -2.39. The molecule has 0 atom stereocenters. The van der Waals surface area contributed by atoms with Crippen molar-refractivity contribution >= 4 is 33.3 Å². The molecular formula is C31H26N6O5S2. The predicted octanol–water partition coefficient (Wildman–Crippen LogP) is 6.20. The smallest absolute Gasteiger partial charge is 0.264 e. The van der Waals surface area contributed by atoms with Gasteiger partial charge >= 0.3 is 0 Å². The van der Waals surface area contributed by atoms with E-state index in [9.17, 15) is 13.2 Å². The van der Waals surface area contributed by atoms with Crippen LogP contribution in [0.2, 0.25) is 0 Å². The summed E-state index contributed by atoms with van der Waals surface area (Å²) >= 11 is 1.26. The average molecular weight is 627 g/mol. The molecule has 3 heterocycles. The van der Waals surface area contributed by atoms with E-state index >= 15 is 0 Å². The first-order valence-electron chi connectivity index (χ1n) is 13.4. The van der Waals surface area contributed by atoms with E-state index in [1.807, 2.05) is 29.6 Å². The van der Waals surface area contributed by atoms with Crippen molar-refractivity contribution in [3.05, 3.63) is 107 Å². The minimum absolute atomic E-state index is 0.0414. The maximum absolute atomic E-state index is 13.7. The van der Waals surface area contributed by atoms with E-state index in [1.54, 1.807) is 68.4 Å². The molecule has 1 N–H and O–H groups in total. The molecular weight excluding hydrogens is 601 g/mol. The number of benzene rings is 3. The molecule has 0 unspecified atom stereocenters. The Morgan fingerprint density at radius 2 is 1.77 bits per heavy atom. The van der Waals surface area contributed by atoms with Gasteiger partial charge in [0.1, 0.15) is 12.0 Å². The molecule has 1 amide bonds. The summed E-state index contributed by atoms with van der Waals surface area (Å²) in [6.45, 7) is 3.63. The second-order valence-electron chi connectivity index (χ2n) is 10.1. The van der Waals surface area contributed by atoms with Crippen molar-refractivity contribution < 1.29 is 22.2 Å². The molecule has 0 bridgehead atoms. The Labute approximate surface area is 257 Å². The monoisotopic (exact) mass is 626 g/mol. The Hall–Kier alpha value is -5.14. The SMILES string of the molecule is Cc1noc(NS(=O)(=O)c2ccccc2-c2ccc(-c3ncco3)cc2CN(C)C(=O)c2ccc(-c3csnn3)cc2)c1C. The van der Waals surface area contributed by atoms with Crippen molar-refractivity contribution in [2.75, 3.05) is 11.8 Å². The highest BCUT2D eigenvalue weighted by Crippen LogP contribution is 2.35. The zero-order valence-corrected chi connectivity index (χ0v) is 25.5. The maximum atomic E-state index is 13.7. The summed E-state index contributed by atoms with van der Waals surface area (Å²) in [6, 6.07) is 19.3. The van der Waals surface area contributed by atoms with Crippen molar-refractivity contribution in [1.29, 1.82) is 0 Å². The largest absolute Gasteiger partial charge is 0.445 e. The number of anilines is 1. The van der Waals surface area contributed by atoms with Gasteiger partial charge in [0.25, 0.3) is 15.9 Å². The first kappa shape index (κ1) is 29.0. The summed E-state index contributed by atoms with van der Waals surface area (Å²) in [5, 5.41) is 9.77. The normalized spacial score (nSPS) is 11.4. The standard InChI is InChI=1S/C31H26N6O5S2/c1-19-20(2)34-42-29(19)35-44(39,40)28-7-5-4-6-26(28)25-13-12-23(30-32-14-15-41-30)16-24(25)17-37(3)31(38)22-10-8-21(9-11-22)27-18-43-36-33-27/h4-16,18,35H,17H2,1-3H3. The molecule has 222 valence electrons. The Balaban J connectivity index is 1.36. The van der Waals surface area contributed by atoms with Crippen LogP contribution in [0.15, 0.2) is 98.4 Å². The van der Waals surface area contributed by atoms with Gasteiger partial charge in [-0.3, -0.25) is 4.79 Å². The van der Waals surface area contributed by atoms with Crippen LogP contribution in [0.5, 0.6) is 0 Å². The number of rotatable bonds is 9. The molecule has 11 nitrogen and oxygen atoms in total. The van der Waals surface area contributed by atoms with Crippen LogP contribution < -0.4 is 4.72 Å². The number of hydrogen-bond acceptors (Lipinski definition) is 10. The third kappa shape index (κ3) is 5.74. The van der Waals surface area contributed by atoms with Gasteiger partial charge in [0, 0.05) is 46.8 Å². The molecule has 3 aromatic carbocycles. The highest BCUT2D eigenvalue weighted by molar-refractivity contribution is 7.92. The van der Waals surface area contributed by atoms with Gasteiger partial charge < -0.3 is 13.8 Å². The fourth-order valence-corrected chi connectivity index (χ4v) is 6.45. The van der Waals surface area contributed by atoms with E-state index in [1.165, 1.54) is 23.9 Å². The number of nitrogens with zero attached hydrogens (tertiary/aromatic N) is 5. The average Bonchev–Trinajstić information content (AvgIpc) is 3.82. The Kier molecular flexibility index (Phi) is 7.80. The summed E-state index contributed by atoms with van der Waals surface area (Å²) < 4.78 is 44.5. The lowest BCUT2D eigenvalue weighted by Crippen LogP contribution is -2.26. The molecule has 13 heteroatoms. The number of oxazole rings is 1. The number of aromatic nitrogens is 4. The Bertz CT molecular complexity index is 2040. The number of carbonyl (C=O) groups excluding carboxylic acids is 1. The lowest BCUT2D eigenvalue weighted by atomic mass is 9.96. The molecule has 6 rings (SSSR count). The van der Waals surface area contributed by atoms with Gasteiger partial charge in [-0.2, -0.15) is 0 Å². The van der Waals surface area contributed by atoms with Crippen LogP contribution in [-0.2, 0) is 16.6 Å². The Morgan fingerprint density at radius 1 is 1.00 bits per heavy atom. The van der Waals surface area contributed by atoms with E-state index in [4.69, 9.17) is 8.94 Å². The van der Waals surface area contributed by atoms with Gasteiger partial charge in [-0.1, -0.05) is 46.0 Å². The zero-order chi connectivity index (χ0) is 30.8. The van der Waals surface area contributed by atoms with Crippen LogP contribution in [0.25, 0.3) is 33.8 Å². The number of aryl methyl sites for hydroxylation is 1. The zero-order valence-electron chi connectivity index (χ0n) is 23.9. The van der Waals surface area contributed by atoms with Crippen LogP contribution in [0.4, 0.5) is 5.88 Å². The summed E-state index contributed by atoms with van der Waals surface area (Å²) in [5.74, 6) is 0.246. The van der Waals surface area contributed by atoms with E-state index in [0.29, 0.717) is 45.0 Å². The second-order valence-corrected chi connectivity index (χ2v) is 12.3.